The summed E-state index contributed by atoms with van der Waals surface area (Å²) in [7, 11) is 0. The molecule has 2 fully saturated rings. The van der Waals surface area contributed by atoms with Crippen LogP contribution in [0, 0.1) is 11.6 Å². The summed E-state index contributed by atoms with van der Waals surface area (Å²) in [6, 6.07) is 20.2. The van der Waals surface area contributed by atoms with Crippen molar-refractivity contribution in [2.24, 2.45) is 4.99 Å². The number of rotatable bonds is 16. The third-order valence-corrected chi connectivity index (χ3v) is 12.9. The maximum atomic E-state index is 15.0. The molecule has 5 aromatic rings. The molecule has 1 aromatic heterocycles. The number of carbonyl (C=O) groups is 5. The van der Waals surface area contributed by atoms with E-state index in [2.05, 4.69) is 41.5 Å². The molecule has 0 spiro atoms. The summed E-state index contributed by atoms with van der Waals surface area (Å²) in [5.74, 6) is -2.67. The molecule has 1 unspecified atom stereocenters. The number of benzene rings is 4. The zero-order valence-corrected chi connectivity index (χ0v) is 38.2. The van der Waals surface area contributed by atoms with Gasteiger partial charge < -0.3 is 35.8 Å². The van der Waals surface area contributed by atoms with Gasteiger partial charge in [0.1, 0.15) is 17.7 Å². The van der Waals surface area contributed by atoms with Crippen LogP contribution in [0.25, 0.3) is 11.3 Å². The lowest BCUT2D eigenvalue weighted by molar-refractivity contribution is -0.137. The second-order valence-electron chi connectivity index (χ2n) is 17.2. The van der Waals surface area contributed by atoms with E-state index in [0.29, 0.717) is 81.8 Å². The van der Waals surface area contributed by atoms with Crippen LogP contribution >= 0.6 is 11.6 Å². The highest BCUT2D eigenvalue weighted by Gasteiger charge is 2.40. The van der Waals surface area contributed by atoms with Gasteiger partial charge in [-0.3, -0.25) is 34.3 Å². The minimum atomic E-state index is -0.734. The third kappa shape index (κ3) is 10.8. The van der Waals surface area contributed by atoms with Gasteiger partial charge in [0.25, 0.3) is 11.8 Å². The summed E-state index contributed by atoms with van der Waals surface area (Å²) in [6.07, 6.45) is 3.90. The van der Waals surface area contributed by atoms with Crippen LogP contribution in [-0.2, 0) is 32.2 Å². The Bertz CT molecular complexity index is 2820. The summed E-state index contributed by atoms with van der Waals surface area (Å²) in [5.41, 5.74) is 4.97. The van der Waals surface area contributed by atoms with Crippen molar-refractivity contribution >= 4 is 64.2 Å². The van der Waals surface area contributed by atoms with E-state index in [9.17, 15) is 32.8 Å². The minimum absolute atomic E-state index is 0.0387. The molecule has 5 heterocycles. The van der Waals surface area contributed by atoms with Crippen LogP contribution in [-0.4, -0.2) is 113 Å². The van der Waals surface area contributed by atoms with Gasteiger partial charge in [-0.25, -0.2) is 18.7 Å². The first-order valence-electron chi connectivity index (χ1n) is 22.9. The molecule has 0 bridgehead atoms. The molecule has 356 valence electrons. The van der Waals surface area contributed by atoms with Crippen LogP contribution in [0.1, 0.15) is 75.1 Å². The average Bonchev–Trinajstić information content (AvgIpc) is 3.59. The van der Waals surface area contributed by atoms with Gasteiger partial charge in [-0.1, -0.05) is 29.8 Å². The number of imide groups is 1. The van der Waals surface area contributed by atoms with Crippen molar-refractivity contribution in [3.63, 3.8) is 0 Å². The molecule has 2 saturated heterocycles. The lowest BCUT2D eigenvalue weighted by Gasteiger charge is -2.32. The normalized spacial score (nSPS) is 17.0. The highest BCUT2D eigenvalue weighted by molar-refractivity contribution is 6.31. The van der Waals surface area contributed by atoms with E-state index in [1.165, 1.54) is 23.1 Å². The lowest BCUT2D eigenvalue weighted by atomic mass is 9.95. The summed E-state index contributed by atoms with van der Waals surface area (Å²) in [4.78, 5) is 80.7. The van der Waals surface area contributed by atoms with Gasteiger partial charge in [-0.2, -0.15) is 0 Å². The molecule has 0 saturated carbocycles. The van der Waals surface area contributed by atoms with Gasteiger partial charge in [0.05, 0.1) is 36.7 Å². The van der Waals surface area contributed by atoms with Crippen molar-refractivity contribution in [3.05, 3.63) is 135 Å². The Labute approximate surface area is 401 Å². The standard InChI is InChI=1S/C50H49ClF2N10O6/c51-31-9-12-34-36(25-31)46(44-38(52)4-2-5-39(44)53)55-26-30-27-56-50(61-45(30)34)58-32-10-7-29(8-11-32)47(66)57-33-16-20-62(21-17-33)22-24-69-23-19-54-18-15-43(65)59-40-6-1-3-35-37(40)28-63(49(35)68)41-13-14-42(64)60-48(41)67/h1-12,25,27,33,41,54H,13-24,26,28H2,(H,57,66)(H,59,65)(H,56,58,61)(H,60,64,67). The fraction of sp³-hybridized carbons (Fsp3) is 0.320. The van der Waals surface area contributed by atoms with E-state index in [1.807, 2.05) is 0 Å². The largest absolute Gasteiger partial charge is 0.379 e. The van der Waals surface area contributed by atoms with Crippen LogP contribution in [0.2, 0.25) is 5.02 Å². The van der Waals surface area contributed by atoms with Gasteiger partial charge in [0.15, 0.2) is 0 Å². The van der Waals surface area contributed by atoms with Gasteiger partial charge in [-0.05, 0) is 79.9 Å². The van der Waals surface area contributed by atoms with Crippen molar-refractivity contribution in [1.29, 1.82) is 0 Å². The van der Waals surface area contributed by atoms with E-state index in [0.717, 1.165) is 32.5 Å². The number of anilines is 3. The Kier molecular flexibility index (Phi) is 14.4. The monoisotopic (exact) mass is 958 g/mol. The minimum Gasteiger partial charge on any atom is -0.379 e. The van der Waals surface area contributed by atoms with E-state index < -0.39 is 23.6 Å². The number of fused-ring (bicyclic) bond motifs is 4. The zero-order valence-electron chi connectivity index (χ0n) is 37.5. The van der Waals surface area contributed by atoms with Crippen molar-refractivity contribution in [2.45, 2.75) is 57.3 Å². The molecule has 19 heteroatoms. The van der Waals surface area contributed by atoms with Crippen molar-refractivity contribution < 1.29 is 37.5 Å². The van der Waals surface area contributed by atoms with Crippen molar-refractivity contribution in [3.8, 4) is 11.3 Å². The number of halogens is 3. The highest BCUT2D eigenvalue weighted by Crippen LogP contribution is 2.36. The molecule has 16 nitrogen and oxygen atoms in total. The quantitative estimate of drug-likeness (QED) is 0.0596. The van der Waals surface area contributed by atoms with Gasteiger partial charge >= 0.3 is 0 Å². The number of hydrogen-bond acceptors (Lipinski definition) is 12. The Morgan fingerprint density at radius 2 is 1.67 bits per heavy atom. The van der Waals surface area contributed by atoms with E-state index >= 15 is 0 Å². The number of aromatic nitrogens is 2. The molecule has 5 amide bonds. The molecule has 4 aliphatic rings. The number of likely N-dealkylation sites (tertiary alicyclic amines) is 1. The smallest absolute Gasteiger partial charge is 0.255 e. The zero-order chi connectivity index (χ0) is 48.0. The second kappa shape index (κ2) is 21.1. The predicted octanol–water partition coefficient (Wildman–Crippen LogP) is 5.76. The topological polar surface area (TPSA) is 199 Å². The molecule has 5 N–H and O–H groups in total. The number of piperidine rings is 2. The van der Waals surface area contributed by atoms with Crippen LogP contribution in [0.4, 0.5) is 26.1 Å². The number of ether oxygens (including phenoxy) is 1. The van der Waals surface area contributed by atoms with Gasteiger partial charge in [-0.15, -0.1) is 0 Å². The number of hydrogen-bond donors (Lipinski definition) is 5. The van der Waals surface area contributed by atoms with Crippen LogP contribution in [0.3, 0.4) is 0 Å². The predicted molar refractivity (Wildman–Crippen MR) is 254 cm³/mol. The molecule has 9 rings (SSSR count). The number of carbonyl (C=O) groups excluding carboxylic acids is 5. The van der Waals surface area contributed by atoms with Crippen molar-refractivity contribution in [1.82, 2.24) is 35.7 Å². The Morgan fingerprint density at radius 3 is 2.45 bits per heavy atom. The van der Waals surface area contributed by atoms with Crippen molar-refractivity contribution in [2.75, 3.05) is 56.6 Å². The molecule has 4 aliphatic heterocycles. The van der Waals surface area contributed by atoms with Gasteiger partial charge in [0, 0.05) is 114 Å². The first-order chi connectivity index (χ1) is 33.5. The van der Waals surface area contributed by atoms with E-state index in [-0.39, 0.29) is 79.2 Å². The first-order valence-corrected chi connectivity index (χ1v) is 23.3. The summed E-state index contributed by atoms with van der Waals surface area (Å²) >= 11 is 6.36. The fourth-order valence-corrected chi connectivity index (χ4v) is 9.18. The molecule has 69 heavy (non-hydrogen) atoms. The SMILES string of the molecule is O=C1CCC(N2Cc3c(NC(=O)CCNCCOCCN4CCC(NC(=O)c5ccc(Nc6ncc7c(n6)-c6ccc(Cl)cc6C(c6c(F)cccc6F)=NC7)cc5)CC4)cccc3C2=O)C(=O)N1. The molecule has 4 aromatic carbocycles. The number of amides is 5. The molecule has 0 aliphatic carbocycles. The molecular formula is C50H49ClF2N10O6. The third-order valence-electron chi connectivity index (χ3n) is 12.6. The van der Waals surface area contributed by atoms with Crippen LogP contribution < -0.4 is 26.6 Å². The maximum Gasteiger partial charge on any atom is 0.255 e. The first kappa shape index (κ1) is 47.1. The number of aliphatic imine (C=N–C) groups is 1. The van der Waals surface area contributed by atoms with E-state index in [4.69, 9.17) is 21.3 Å². The summed E-state index contributed by atoms with van der Waals surface area (Å²) < 4.78 is 35.8. The average molecular weight is 959 g/mol. The molecular weight excluding hydrogens is 910 g/mol. The Hall–Kier alpha value is -6.99. The number of nitrogens with one attached hydrogen (secondary N) is 5. The highest BCUT2D eigenvalue weighted by atomic mass is 35.5. The number of nitrogens with zero attached hydrogens (tertiary/aromatic N) is 5. The van der Waals surface area contributed by atoms with E-state index in [1.54, 1.807) is 66.9 Å². The Balaban J connectivity index is 0.665. The second-order valence-corrected chi connectivity index (χ2v) is 17.6. The maximum absolute atomic E-state index is 15.0. The van der Waals surface area contributed by atoms with Crippen LogP contribution in [0.5, 0.6) is 0 Å². The summed E-state index contributed by atoms with van der Waals surface area (Å²) in [6.45, 7) is 4.73. The molecule has 0 radical (unpaired) electrons. The Morgan fingerprint density at radius 1 is 0.884 bits per heavy atom. The fourth-order valence-electron chi connectivity index (χ4n) is 9.01. The van der Waals surface area contributed by atoms with Gasteiger partial charge in [0.2, 0.25) is 23.7 Å². The summed E-state index contributed by atoms with van der Waals surface area (Å²) in [5, 5.41) is 15.2. The molecule has 1 atom stereocenters. The van der Waals surface area contributed by atoms with Crippen LogP contribution in [0.15, 0.2) is 90.1 Å². The lowest BCUT2D eigenvalue weighted by Crippen LogP contribution is -2.52.